The first-order valence-corrected chi connectivity index (χ1v) is 9.75. The SMILES string of the molecule is CC(C)(C)OC(=O)N[C@@H](CCC(=O)OOC(=O)C1CC1)C(=O)OCc1ccccc1. The monoisotopic (exact) mass is 421 g/mol. The van der Waals surface area contributed by atoms with Gasteiger partial charge in [-0.15, -0.1) is 0 Å². The standard InChI is InChI=1S/C21H27NO8/c1-21(2,3)28-20(26)22-16(19(25)27-13-14-7-5-4-6-8-14)11-12-17(23)29-30-18(24)15-9-10-15/h4-8,15-16H,9-13H2,1-3H3,(H,22,26)/t16-/m0/s1. The molecule has 0 radical (unpaired) electrons. The molecule has 1 aliphatic rings. The van der Waals surface area contributed by atoms with Crippen molar-refractivity contribution < 1.29 is 38.4 Å². The van der Waals surface area contributed by atoms with Gasteiger partial charge in [-0.05, 0) is 45.6 Å². The van der Waals surface area contributed by atoms with Crippen LogP contribution < -0.4 is 5.32 Å². The van der Waals surface area contributed by atoms with Gasteiger partial charge in [0.1, 0.15) is 18.2 Å². The van der Waals surface area contributed by atoms with Crippen LogP contribution in [0, 0.1) is 5.92 Å². The Morgan fingerprint density at radius 3 is 2.33 bits per heavy atom. The average molecular weight is 421 g/mol. The Morgan fingerprint density at radius 2 is 1.73 bits per heavy atom. The summed E-state index contributed by atoms with van der Waals surface area (Å²) in [6.45, 7) is 5.05. The van der Waals surface area contributed by atoms with Crippen LogP contribution in [-0.2, 0) is 40.2 Å². The molecule has 2 rings (SSSR count). The van der Waals surface area contributed by atoms with E-state index in [4.69, 9.17) is 9.47 Å². The molecule has 0 spiro atoms. The van der Waals surface area contributed by atoms with Gasteiger partial charge in [-0.1, -0.05) is 30.3 Å². The highest BCUT2D eigenvalue weighted by atomic mass is 17.2. The Kier molecular flexibility index (Phi) is 8.20. The van der Waals surface area contributed by atoms with Crippen molar-refractivity contribution in [3.63, 3.8) is 0 Å². The summed E-state index contributed by atoms with van der Waals surface area (Å²) in [7, 11) is 0. The number of ether oxygens (including phenoxy) is 2. The Labute approximate surface area is 174 Å². The van der Waals surface area contributed by atoms with Gasteiger partial charge in [0.05, 0.1) is 12.3 Å². The Hall–Kier alpha value is -3.10. The molecule has 9 heteroatoms. The third-order valence-corrected chi connectivity index (χ3v) is 3.96. The third kappa shape index (κ3) is 8.93. The van der Waals surface area contributed by atoms with Crippen molar-refractivity contribution in [2.24, 2.45) is 5.92 Å². The molecule has 1 aromatic carbocycles. The summed E-state index contributed by atoms with van der Waals surface area (Å²) >= 11 is 0. The molecule has 1 fully saturated rings. The maximum Gasteiger partial charge on any atom is 0.408 e. The second kappa shape index (κ2) is 10.6. The molecule has 0 aliphatic heterocycles. The summed E-state index contributed by atoms with van der Waals surface area (Å²) < 4.78 is 10.4. The maximum absolute atomic E-state index is 12.5. The molecule has 1 aromatic rings. The van der Waals surface area contributed by atoms with Crippen molar-refractivity contribution >= 4 is 24.0 Å². The molecule has 0 unspecified atom stereocenters. The number of hydrogen-bond acceptors (Lipinski definition) is 8. The Balaban J connectivity index is 1.88. The first-order valence-electron chi connectivity index (χ1n) is 9.75. The van der Waals surface area contributed by atoms with Crippen molar-refractivity contribution in [2.75, 3.05) is 0 Å². The van der Waals surface area contributed by atoms with E-state index in [1.165, 1.54) is 0 Å². The van der Waals surface area contributed by atoms with Crippen LogP contribution in [0.3, 0.4) is 0 Å². The number of benzene rings is 1. The van der Waals surface area contributed by atoms with Crippen molar-refractivity contribution in [3.05, 3.63) is 35.9 Å². The number of carbonyl (C=O) groups is 4. The van der Waals surface area contributed by atoms with Crippen molar-refractivity contribution in [1.29, 1.82) is 0 Å². The van der Waals surface area contributed by atoms with E-state index < -0.39 is 35.6 Å². The molecular weight excluding hydrogens is 394 g/mol. The van der Waals surface area contributed by atoms with Crippen molar-refractivity contribution in [3.8, 4) is 0 Å². The smallest absolute Gasteiger partial charge is 0.408 e. The number of alkyl carbamates (subject to hydrolysis) is 1. The van der Waals surface area contributed by atoms with Gasteiger partial charge in [0, 0.05) is 0 Å². The van der Waals surface area contributed by atoms with E-state index in [-0.39, 0.29) is 25.4 Å². The highest BCUT2D eigenvalue weighted by Gasteiger charge is 2.33. The third-order valence-electron chi connectivity index (χ3n) is 3.96. The lowest BCUT2D eigenvalue weighted by Crippen LogP contribution is -2.44. The van der Waals surface area contributed by atoms with Gasteiger partial charge in [0.25, 0.3) is 0 Å². The van der Waals surface area contributed by atoms with Crippen LogP contribution in [0.15, 0.2) is 30.3 Å². The normalized spacial score (nSPS) is 14.2. The topological polar surface area (TPSA) is 117 Å². The van der Waals surface area contributed by atoms with Gasteiger partial charge < -0.3 is 14.8 Å². The minimum Gasteiger partial charge on any atom is -0.459 e. The molecule has 1 atom stereocenters. The lowest BCUT2D eigenvalue weighted by atomic mass is 10.1. The van der Waals surface area contributed by atoms with E-state index in [0.717, 1.165) is 5.56 Å². The largest absolute Gasteiger partial charge is 0.459 e. The molecule has 1 saturated carbocycles. The fraction of sp³-hybridized carbons (Fsp3) is 0.524. The number of carbonyl (C=O) groups excluding carboxylic acids is 4. The molecule has 0 bridgehead atoms. The molecule has 30 heavy (non-hydrogen) atoms. The predicted octanol–water partition coefficient (Wildman–Crippen LogP) is 2.81. The molecule has 1 aliphatic carbocycles. The lowest BCUT2D eigenvalue weighted by molar-refractivity contribution is -0.260. The van der Waals surface area contributed by atoms with E-state index in [0.29, 0.717) is 12.8 Å². The molecule has 164 valence electrons. The molecule has 0 heterocycles. The molecule has 1 amide bonds. The Bertz CT molecular complexity index is 752. The zero-order valence-corrected chi connectivity index (χ0v) is 17.3. The van der Waals surface area contributed by atoms with Gasteiger partial charge in [0.2, 0.25) is 0 Å². The molecule has 0 aromatic heterocycles. The maximum atomic E-state index is 12.5. The first kappa shape index (κ1) is 23.2. The van der Waals surface area contributed by atoms with Gasteiger partial charge in [-0.2, -0.15) is 0 Å². The summed E-state index contributed by atoms with van der Waals surface area (Å²) in [4.78, 5) is 56.7. The van der Waals surface area contributed by atoms with Gasteiger partial charge >= 0.3 is 24.0 Å². The zero-order valence-electron chi connectivity index (χ0n) is 17.3. The number of rotatable bonds is 8. The second-order valence-electron chi connectivity index (χ2n) is 7.96. The first-order chi connectivity index (χ1) is 14.1. The molecule has 9 nitrogen and oxygen atoms in total. The number of nitrogens with one attached hydrogen (secondary N) is 1. The highest BCUT2D eigenvalue weighted by molar-refractivity contribution is 5.82. The summed E-state index contributed by atoms with van der Waals surface area (Å²) in [6.07, 6.45) is 0.209. The quantitative estimate of drug-likeness (QED) is 0.387. The van der Waals surface area contributed by atoms with E-state index in [1.54, 1.807) is 45.0 Å². The van der Waals surface area contributed by atoms with Crippen molar-refractivity contribution in [1.82, 2.24) is 5.32 Å². The molecule has 0 saturated heterocycles. The Morgan fingerprint density at radius 1 is 1.07 bits per heavy atom. The number of hydrogen-bond donors (Lipinski definition) is 1. The van der Waals surface area contributed by atoms with E-state index in [2.05, 4.69) is 15.1 Å². The van der Waals surface area contributed by atoms with Crippen LogP contribution in [0.25, 0.3) is 0 Å². The van der Waals surface area contributed by atoms with Crippen molar-refractivity contribution in [2.45, 2.75) is 64.7 Å². The minimum absolute atomic E-state index is 0.00954. The summed E-state index contributed by atoms with van der Waals surface area (Å²) in [6, 6.07) is 7.87. The highest BCUT2D eigenvalue weighted by Crippen LogP contribution is 2.30. The van der Waals surface area contributed by atoms with E-state index >= 15 is 0 Å². The van der Waals surface area contributed by atoms with Crippen LogP contribution in [0.4, 0.5) is 4.79 Å². The fourth-order valence-electron chi connectivity index (χ4n) is 2.31. The number of amides is 1. The van der Waals surface area contributed by atoms with Gasteiger partial charge in [0.15, 0.2) is 0 Å². The zero-order chi connectivity index (χ0) is 22.1. The summed E-state index contributed by atoms with van der Waals surface area (Å²) in [5, 5.41) is 2.41. The number of esters is 1. The summed E-state index contributed by atoms with van der Waals surface area (Å²) in [5.74, 6) is -2.37. The van der Waals surface area contributed by atoms with E-state index in [9.17, 15) is 19.2 Å². The molecule has 1 N–H and O–H groups in total. The van der Waals surface area contributed by atoms with Crippen LogP contribution in [-0.4, -0.2) is 35.6 Å². The van der Waals surface area contributed by atoms with Crippen LogP contribution in [0.2, 0.25) is 0 Å². The fourth-order valence-corrected chi connectivity index (χ4v) is 2.31. The van der Waals surface area contributed by atoms with E-state index in [1.807, 2.05) is 6.07 Å². The van der Waals surface area contributed by atoms with Gasteiger partial charge in [-0.3, -0.25) is 0 Å². The second-order valence-corrected chi connectivity index (χ2v) is 7.96. The van der Waals surface area contributed by atoms with Crippen LogP contribution in [0.1, 0.15) is 52.0 Å². The van der Waals surface area contributed by atoms with Crippen LogP contribution >= 0.6 is 0 Å². The summed E-state index contributed by atoms with van der Waals surface area (Å²) in [5.41, 5.74) is 0.00618. The predicted molar refractivity (Wildman–Crippen MR) is 104 cm³/mol. The molecular formula is C21H27NO8. The van der Waals surface area contributed by atoms with Gasteiger partial charge in [-0.25, -0.2) is 29.0 Å². The van der Waals surface area contributed by atoms with Crippen LogP contribution in [0.5, 0.6) is 0 Å². The average Bonchev–Trinajstić information content (AvgIpc) is 3.52. The lowest BCUT2D eigenvalue weighted by Gasteiger charge is -2.22. The minimum atomic E-state index is -1.14.